The Hall–Kier alpha value is -6.50. The first-order valence-electron chi connectivity index (χ1n) is 15.7. The fourth-order valence-corrected chi connectivity index (χ4v) is 7.02. The maximum Gasteiger partial charge on any atom is 0.296 e. The van der Waals surface area contributed by atoms with Gasteiger partial charge in [-0.25, -0.2) is 9.97 Å². The largest absolute Gasteiger partial charge is 0.382 e. The molecule has 0 atom stereocenters. The van der Waals surface area contributed by atoms with Crippen LogP contribution in [-0.2, 0) is 50.6 Å². The number of benzene rings is 2. The SMILES string of the molecule is Nc1nc(Nc2nc(NCCS(=O)(=O)O)nc(Nc3ccc(N=Nc4cc(S(=O)(=O)O)ccc4S(=O)(=O)O)c(N)n3)n2)ccc1N=Nc1cc(S(=O)(=O)O)ccc1S(=O)(=O)O. The number of aromatic nitrogens is 5. The van der Waals surface area contributed by atoms with Crippen LogP contribution in [-0.4, -0.2) is 102 Å². The third-order valence-electron chi connectivity index (χ3n) is 7.11. The van der Waals surface area contributed by atoms with Crippen LogP contribution >= 0.6 is 0 Å². The average molecular weight is 947 g/mol. The van der Waals surface area contributed by atoms with E-state index >= 15 is 0 Å². The molecule has 0 amide bonds. The molecule has 0 radical (unpaired) electrons. The molecule has 0 aliphatic carbocycles. The topological polar surface area (TPSA) is 474 Å². The van der Waals surface area contributed by atoms with Crippen molar-refractivity contribution in [3.63, 3.8) is 0 Å². The number of hydrogen-bond acceptors (Lipinski definition) is 24. The van der Waals surface area contributed by atoms with E-state index in [9.17, 15) is 60.3 Å². The van der Waals surface area contributed by atoms with E-state index in [0.29, 0.717) is 36.4 Å². The first kappa shape index (κ1) is 45.6. The van der Waals surface area contributed by atoms with Crippen LogP contribution in [0.25, 0.3) is 0 Å². The highest BCUT2D eigenvalue weighted by atomic mass is 32.2. The number of hydrogen-bond donors (Lipinski definition) is 10. The summed E-state index contributed by atoms with van der Waals surface area (Å²) in [4.78, 5) is 17.2. The number of pyridine rings is 2. The summed E-state index contributed by atoms with van der Waals surface area (Å²) in [6.07, 6.45) is 0. The quantitative estimate of drug-likeness (QED) is 0.0501. The molecule has 34 heteroatoms. The lowest BCUT2D eigenvalue weighted by Crippen LogP contribution is -2.17. The number of rotatable bonds is 16. The van der Waals surface area contributed by atoms with Gasteiger partial charge in [-0.15, -0.1) is 20.5 Å². The van der Waals surface area contributed by atoms with Crippen LogP contribution in [0.15, 0.2) is 101 Å². The van der Waals surface area contributed by atoms with E-state index in [1.165, 1.54) is 24.3 Å². The highest BCUT2D eigenvalue weighted by Gasteiger charge is 2.22. The van der Waals surface area contributed by atoms with Crippen molar-refractivity contribution in [3.8, 4) is 0 Å². The molecule has 0 spiro atoms. The number of nitrogens with one attached hydrogen (secondary N) is 3. The Labute approximate surface area is 343 Å². The first-order chi connectivity index (χ1) is 28.2. The number of nitrogens with two attached hydrogens (primary N) is 2. The van der Waals surface area contributed by atoms with Gasteiger partial charge in [-0.05, 0) is 60.7 Å². The van der Waals surface area contributed by atoms with Gasteiger partial charge in [0.1, 0.15) is 44.2 Å². The molecule has 3 aromatic heterocycles. The zero-order valence-corrected chi connectivity index (χ0v) is 33.8. The normalized spacial score (nSPS) is 12.8. The van der Waals surface area contributed by atoms with Crippen molar-refractivity contribution in [2.45, 2.75) is 19.6 Å². The van der Waals surface area contributed by atoms with Crippen LogP contribution in [0.4, 0.5) is 63.9 Å². The zero-order valence-electron chi connectivity index (χ0n) is 29.7. The van der Waals surface area contributed by atoms with Gasteiger partial charge in [0.15, 0.2) is 11.6 Å². The smallest absolute Gasteiger partial charge is 0.296 e. The van der Waals surface area contributed by atoms with Crippen molar-refractivity contribution in [1.29, 1.82) is 0 Å². The molecule has 29 nitrogen and oxygen atoms in total. The highest BCUT2D eigenvalue weighted by Crippen LogP contribution is 2.33. The van der Waals surface area contributed by atoms with Gasteiger partial charge in [-0.2, -0.15) is 57.0 Å². The van der Waals surface area contributed by atoms with Crippen molar-refractivity contribution in [3.05, 3.63) is 60.7 Å². The van der Waals surface area contributed by atoms with E-state index in [0.717, 1.165) is 0 Å². The van der Waals surface area contributed by atoms with Gasteiger partial charge in [0.2, 0.25) is 17.8 Å². The second kappa shape index (κ2) is 17.2. The lowest BCUT2D eigenvalue weighted by atomic mass is 10.3. The minimum Gasteiger partial charge on any atom is -0.382 e. The van der Waals surface area contributed by atoms with Crippen molar-refractivity contribution >= 4 is 114 Å². The Bertz CT molecular complexity index is 3000. The summed E-state index contributed by atoms with van der Waals surface area (Å²) < 4.78 is 163. The van der Waals surface area contributed by atoms with Crippen LogP contribution in [0, 0.1) is 0 Å². The third kappa shape index (κ3) is 12.5. The summed E-state index contributed by atoms with van der Waals surface area (Å²) in [6.45, 7) is -0.392. The second-order valence-electron chi connectivity index (χ2n) is 11.5. The molecule has 0 aliphatic heterocycles. The van der Waals surface area contributed by atoms with Gasteiger partial charge in [-0.3, -0.25) is 22.8 Å². The predicted molar refractivity (Wildman–Crippen MR) is 209 cm³/mol. The van der Waals surface area contributed by atoms with Crippen LogP contribution in [0.5, 0.6) is 0 Å². The molecule has 324 valence electrons. The maximum atomic E-state index is 11.8. The molecule has 0 aliphatic rings. The van der Waals surface area contributed by atoms with Gasteiger partial charge in [-0.1, -0.05) is 0 Å². The Balaban J connectivity index is 1.42. The van der Waals surface area contributed by atoms with Gasteiger partial charge < -0.3 is 27.4 Å². The van der Waals surface area contributed by atoms with Crippen LogP contribution < -0.4 is 27.4 Å². The minimum atomic E-state index is -4.94. The summed E-state index contributed by atoms with van der Waals surface area (Å²) in [5.41, 5.74) is 10.2. The van der Waals surface area contributed by atoms with Gasteiger partial charge in [0, 0.05) is 6.54 Å². The van der Waals surface area contributed by atoms with Crippen molar-refractivity contribution in [2.24, 2.45) is 20.5 Å². The fraction of sp³-hybridized carbons (Fsp3) is 0.0741. The molecule has 2 aromatic carbocycles. The summed E-state index contributed by atoms with van der Waals surface area (Å²) in [5, 5.41) is 22.7. The predicted octanol–water partition coefficient (Wildman–Crippen LogP) is 2.43. The fourth-order valence-electron chi connectivity index (χ4n) is 4.45. The van der Waals surface area contributed by atoms with Crippen LogP contribution in [0.3, 0.4) is 0 Å². The minimum absolute atomic E-state index is 0.0687. The number of nitrogen functional groups attached to an aromatic ring is 2. The van der Waals surface area contributed by atoms with Crippen LogP contribution in [0.2, 0.25) is 0 Å². The molecule has 0 saturated heterocycles. The van der Waals surface area contributed by atoms with Gasteiger partial charge >= 0.3 is 0 Å². The molecule has 3 heterocycles. The van der Waals surface area contributed by atoms with Gasteiger partial charge in [0.25, 0.3) is 50.6 Å². The van der Waals surface area contributed by atoms with Crippen molar-refractivity contribution in [1.82, 2.24) is 24.9 Å². The number of azo groups is 2. The first-order valence-corrected chi connectivity index (χ1v) is 23.1. The average Bonchev–Trinajstić information content (AvgIpc) is 3.12. The molecule has 0 bridgehead atoms. The lowest BCUT2D eigenvalue weighted by Gasteiger charge is -2.11. The molecule has 5 rings (SSSR count). The maximum absolute atomic E-state index is 11.8. The summed E-state index contributed by atoms with van der Waals surface area (Å²) in [6, 6.07) is 8.92. The van der Waals surface area contributed by atoms with E-state index in [1.54, 1.807) is 0 Å². The standard InChI is InChI=1S/C27H26N14O15S5/c28-23-15(38-40-17-11-13(58(45,46)47)1-5-19(17)60(51,52)53)3-7-21(31-23)33-26-35-25(30-9-10-57(42,43)44)36-27(37-26)34-22-8-4-16(24(29)32-22)39-41-18-12-14(59(48,49)50)2-6-20(18)61(54,55)56/h1-8,11-12H,9-10H2,(H,42,43,44)(H,45,46,47)(H,48,49,50)(H,51,52,53)(H,54,55,56)(H7,28,29,30,31,32,33,34,35,36,37). The molecule has 0 unspecified atom stereocenters. The van der Waals surface area contributed by atoms with E-state index in [4.69, 9.17) is 16.0 Å². The number of anilines is 7. The molecular formula is C27H26N14O15S5. The Morgan fingerprint density at radius 2 is 0.852 bits per heavy atom. The summed E-state index contributed by atoms with van der Waals surface area (Å²) >= 11 is 0. The lowest BCUT2D eigenvalue weighted by molar-refractivity contribution is 0.478. The van der Waals surface area contributed by atoms with Crippen molar-refractivity contribution < 1.29 is 64.9 Å². The zero-order chi connectivity index (χ0) is 45.1. The Morgan fingerprint density at radius 1 is 0.475 bits per heavy atom. The number of nitrogens with zero attached hydrogens (tertiary/aromatic N) is 9. The van der Waals surface area contributed by atoms with E-state index in [-0.39, 0.29) is 52.5 Å². The van der Waals surface area contributed by atoms with E-state index in [2.05, 4.69) is 61.3 Å². The highest BCUT2D eigenvalue weighted by molar-refractivity contribution is 7.87. The Kier molecular flexibility index (Phi) is 12.9. The molecule has 12 N–H and O–H groups in total. The summed E-state index contributed by atoms with van der Waals surface area (Å²) in [5.74, 6) is -2.45. The third-order valence-corrected chi connectivity index (χ3v) is 11.3. The molecule has 0 saturated carbocycles. The monoisotopic (exact) mass is 946 g/mol. The van der Waals surface area contributed by atoms with Crippen LogP contribution in [0.1, 0.15) is 0 Å². The summed E-state index contributed by atoms with van der Waals surface area (Å²) in [7, 11) is -23.9. The van der Waals surface area contributed by atoms with E-state index < -0.39 is 93.8 Å². The molecule has 0 fully saturated rings. The molecular weight excluding hydrogens is 921 g/mol. The molecule has 5 aromatic rings. The van der Waals surface area contributed by atoms with Crippen molar-refractivity contribution in [2.75, 3.05) is 39.7 Å². The van der Waals surface area contributed by atoms with Gasteiger partial charge in [0.05, 0.1) is 15.5 Å². The molecule has 61 heavy (non-hydrogen) atoms. The Morgan fingerprint density at radius 3 is 1.20 bits per heavy atom. The second-order valence-corrected chi connectivity index (χ2v) is 18.7. The van der Waals surface area contributed by atoms with E-state index in [1.807, 2.05) is 0 Å².